The number of aromatic nitrogens is 1. The van der Waals surface area contributed by atoms with E-state index >= 15 is 0 Å². The van der Waals surface area contributed by atoms with Gasteiger partial charge in [-0.2, -0.15) is 0 Å². The van der Waals surface area contributed by atoms with Gasteiger partial charge in [0, 0.05) is 5.69 Å². The van der Waals surface area contributed by atoms with E-state index in [1.165, 1.54) is 114 Å². The molecule has 0 amide bonds. The molecule has 0 saturated heterocycles. The summed E-state index contributed by atoms with van der Waals surface area (Å²) in [7, 11) is 0. The molecule has 1 nitrogen and oxygen atoms in total. The lowest BCUT2D eigenvalue weighted by atomic mass is 9.75. The maximum atomic E-state index is 2.57. The van der Waals surface area contributed by atoms with Gasteiger partial charge in [-0.1, -0.05) is 130 Å². The topological polar surface area (TPSA) is 4.93 Å². The highest BCUT2D eigenvalue weighted by Gasteiger charge is 2.27. The quantitative estimate of drug-likeness (QED) is 0.185. The summed E-state index contributed by atoms with van der Waals surface area (Å²) < 4.78 is 2.50. The molecule has 0 atom stereocenters. The van der Waals surface area contributed by atoms with Crippen molar-refractivity contribution in [2.45, 2.75) is 76.0 Å². The zero-order valence-electron chi connectivity index (χ0n) is 25.1. The first-order valence-electron chi connectivity index (χ1n) is 16.7. The average molecular weight is 560 g/mol. The lowest BCUT2D eigenvalue weighted by Crippen LogP contribution is -2.10. The fourth-order valence-electron chi connectivity index (χ4n) is 8.42. The molecule has 1 heterocycles. The highest BCUT2D eigenvalue weighted by atomic mass is 15.0. The molecule has 0 aliphatic heterocycles. The lowest BCUT2D eigenvalue weighted by Gasteiger charge is -2.30. The minimum absolute atomic E-state index is 0.628. The van der Waals surface area contributed by atoms with Gasteiger partial charge in [-0.25, -0.2) is 0 Å². The third-order valence-corrected chi connectivity index (χ3v) is 10.4. The van der Waals surface area contributed by atoms with Crippen molar-refractivity contribution in [2.24, 2.45) is 0 Å². The van der Waals surface area contributed by atoms with Gasteiger partial charge in [0.2, 0.25) is 0 Å². The fourth-order valence-corrected chi connectivity index (χ4v) is 8.42. The molecule has 8 rings (SSSR count). The molecule has 0 spiro atoms. The Morgan fingerprint density at radius 1 is 0.395 bits per heavy atom. The number of hydrogen-bond donors (Lipinski definition) is 0. The van der Waals surface area contributed by atoms with E-state index in [0.717, 1.165) is 0 Å². The van der Waals surface area contributed by atoms with Crippen LogP contribution in [0.25, 0.3) is 49.7 Å². The summed E-state index contributed by atoms with van der Waals surface area (Å²) in [5.41, 5.74) is 9.48. The van der Waals surface area contributed by atoms with E-state index in [1.54, 1.807) is 11.1 Å². The minimum Gasteiger partial charge on any atom is -0.309 e. The second-order valence-corrected chi connectivity index (χ2v) is 12.9. The second-order valence-electron chi connectivity index (χ2n) is 12.9. The monoisotopic (exact) mass is 559 g/mol. The SMILES string of the molecule is c1ccc(-c2ccc(-c3ccccc3)n2-c2ccc3c(C4CCCCC4)c4ccccc4c(C4CCCCC4)c3c2)cc1. The number of hydrogen-bond acceptors (Lipinski definition) is 0. The lowest BCUT2D eigenvalue weighted by molar-refractivity contribution is 0.445. The molecule has 0 radical (unpaired) electrons. The van der Waals surface area contributed by atoms with Gasteiger partial charge in [-0.3, -0.25) is 0 Å². The summed E-state index contributed by atoms with van der Waals surface area (Å²) in [5, 5.41) is 6.03. The number of rotatable bonds is 5. The molecule has 2 saturated carbocycles. The molecule has 0 N–H and O–H groups in total. The van der Waals surface area contributed by atoms with Crippen LogP contribution in [-0.4, -0.2) is 4.57 Å². The van der Waals surface area contributed by atoms with Crippen LogP contribution in [0.5, 0.6) is 0 Å². The zero-order valence-corrected chi connectivity index (χ0v) is 25.1. The molecule has 0 bridgehead atoms. The average Bonchev–Trinajstić information content (AvgIpc) is 3.54. The first kappa shape index (κ1) is 26.5. The highest BCUT2D eigenvalue weighted by Crippen LogP contribution is 2.47. The third kappa shape index (κ3) is 4.80. The van der Waals surface area contributed by atoms with Crippen molar-refractivity contribution in [1.82, 2.24) is 4.57 Å². The van der Waals surface area contributed by atoms with Crippen LogP contribution in [-0.2, 0) is 0 Å². The number of nitrogens with zero attached hydrogens (tertiary/aromatic N) is 1. The summed E-state index contributed by atoms with van der Waals surface area (Å²) in [4.78, 5) is 0. The molecule has 0 unspecified atom stereocenters. The largest absolute Gasteiger partial charge is 0.309 e. The number of fused-ring (bicyclic) bond motifs is 2. The zero-order chi connectivity index (χ0) is 28.6. The second kappa shape index (κ2) is 11.5. The van der Waals surface area contributed by atoms with Crippen LogP contribution in [0.4, 0.5) is 0 Å². The summed E-state index contributed by atoms with van der Waals surface area (Å²) in [6.07, 6.45) is 13.4. The summed E-state index contributed by atoms with van der Waals surface area (Å²) >= 11 is 0. The van der Waals surface area contributed by atoms with Gasteiger partial charge < -0.3 is 4.57 Å². The molecule has 1 heteroatoms. The molecule has 43 heavy (non-hydrogen) atoms. The molecule has 2 aliphatic rings. The predicted octanol–water partition coefficient (Wildman–Crippen LogP) is 12.2. The first-order chi connectivity index (χ1) is 21.4. The standard InChI is InChI=1S/C42H41N/c1-5-15-30(16-6-1)39-27-28-40(31-17-7-2-8-18-31)43(39)34-25-26-37-38(29-34)42(33-21-11-4-12-22-33)36-24-14-13-23-35(36)41(37)32-19-9-3-10-20-32/h1-2,5-8,13-18,23-29,32-33H,3-4,9-12,19-22H2. The van der Waals surface area contributed by atoms with Crippen LogP contribution < -0.4 is 0 Å². The van der Waals surface area contributed by atoms with Crippen LogP contribution in [0.3, 0.4) is 0 Å². The van der Waals surface area contributed by atoms with Gasteiger partial charge >= 0.3 is 0 Å². The van der Waals surface area contributed by atoms with Gasteiger partial charge in [0.25, 0.3) is 0 Å². The Hall–Kier alpha value is -4.10. The number of benzene rings is 5. The van der Waals surface area contributed by atoms with E-state index in [-0.39, 0.29) is 0 Å². The third-order valence-electron chi connectivity index (χ3n) is 10.4. The van der Waals surface area contributed by atoms with Gasteiger partial charge in [0.15, 0.2) is 0 Å². The van der Waals surface area contributed by atoms with E-state index in [9.17, 15) is 0 Å². The van der Waals surface area contributed by atoms with Crippen molar-refractivity contribution in [3.05, 3.63) is 126 Å². The van der Waals surface area contributed by atoms with Crippen molar-refractivity contribution in [3.8, 4) is 28.2 Å². The molecule has 2 fully saturated rings. The fraction of sp³-hybridized carbons (Fsp3) is 0.286. The van der Waals surface area contributed by atoms with Crippen LogP contribution in [0.1, 0.15) is 87.2 Å². The van der Waals surface area contributed by atoms with Crippen molar-refractivity contribution in [2.75, 3.05) is 0 Å². The van der Waals surface area contributed by atoms with Gasteiger partial charge in [0.1, 0.15) is 0 Å². The van der Waals surface area contributed by atoms with E-state index in [1.807, 2.05) is 0 Å². The van der Waals surface area contributed by atoms with Crippen molar-refractivity contribution < 1.29 is 0 Å². The Labute approximate surface area is 256 Å². The molecule has 214 valence electrons. The van der Waals surface area contributed by atoms with E-state index in [0.29, 0.717) is 11.8 Å². The van der Waals surface area contributed by atoms with E-state index in [2.05, 4.69) is 120 Å². The van der Waals surface area contributed by atoms with Gasteiger partial charge in [-0.05, 0) is 106 Å². The molecular formula is C42H41N. The molecule has 5 aromatic carbocycles. The Morgan fingerprint density at radius 3 is 1.35 bits per heavy atom. The summed E-state index contributed by atoms with van der Waals surface area (Å²) in [6.45, 7) is 0. The van der Waals surface area contributed by atoms with Crippen molar-refractivity contribution >= 4 is 21.5 Å². The van der Waals surface area contributed by atoms with E-state index < -0.39 is 0 Å². The predicted molar refractivity (Wildman–Crippen MR) is 183 cm³/mol. The molecule has 6 aromatic rings. The highest BCUT2D eigenvalue weighted by molar-refractivity contribution is 6.07. The minimum atomic E-state index is 0.628. The smallest absolute Gasteiger partial charge is 0.0535 e. The van der Waals surface area contributed by atoms with Crippen LogP contribution >= 0.6 is 0 Å². The normalized spacial score (nSPS) is 16.7. The summed E-state index contributed by atoms with van der Waals surface area (Å²) in [6, 6.07) is 43.3. The maximum Gasteiger partial charge on any atom is 0.0535 e. The Bertz CT molecular complexity index is 1810. The first-order valence-corrected chi connectivity index (χ1v) is 16.7. The molecule has 1 aromatic heterocycles. The maximum absolute atomic E-state index is 2.57. The Balaban J connectivity index is 1.43. The van der Waals surface area contributed by atoms with Gasteiger partial charge in [-0.15, -0.1) is 0 Å². The van der Waals surface area contributed by atoms with Crippen LogP contribution in [0.15, 0.2) is 115 Å². The Morgan fingerprint density at radius 2 is 0.837 bits per heavy atom. The molecular weight excluding hydrogens is 518 g/mol. The van der Waals surface area contributed by atoms with Crippen molar-refractivity contribution in [1.29, 1.82) is 0 Å². The van der Waals surface area contributed by atoms with Crippen LogP contribution in [0.2, 0.25) is 0 Å². The van der Waals surface area contributed by atoms with Crippen LogP contribution in [0, 0.1) is 0 Å². The Kier molecular flexibility index (Phi) is 7.11. The van der Waals surface area contributed by atoms with E-state index in [4.69, 9.17) is 0 Å². The summed E-state index contributed by atoms with van der Waals surface area (Å²) in [5.74, 6) is 1.28. The molecule has 2 aliphatic carbocycles. The van der Waals surface area contributed by atoms with Gasteiger partial charge in [0.05, 0.1) is 11.4 Å². The van der Waals surface area contributed by atoms with Crippen molar-refractivity contribution in [3.63, 3.8) is 0 Å².